The van der Waals surface area contributed by atoms with Gasteiger partial charge < -0.3 is 11.1 Å². The Morgan fingerprint density at radius 3 is 2.65 bits per heavy atom. The lowest BCUT2D eigenvalue weighted by Crippen LogP contribution is -2.16. The van der Waals surface area contributed by atoms with Crippen molar-refractivity contribution in [2.45, 2.75) is 17.2 Å². The number of aromatic nitrogens is 1. The zero-order valence-electron chi connectivity index (χ0n) is 12.3. The molecule has 0 aliphatic carbocycles. The van der Waals surface area contributed by atoms with Crippen molar-refractivity contribution in [3.63, 3.8) is 0 Å². The van der Waals surface area contributed by atoms with Gasteiger partial charge in [-0.1, -0.05) is 30.0 Å². The van der Waals surface area contributed by atoms with Crippen LogP contribution in [-0.4, -0.2) is 16.1 Å². The van der Waals surface area contributed by atoms with E-state index in [1.54, 1.807) is 31.2 Å². The Bertz CT molecular complexity index is 808. The molecule has 1 aromatic carbocycles. The average molecular weight is 323 g/mol. The maximum atomic E-state index is 12.3. The summed E-state index contributed by atoms with van der Waals surface area (Å²) < 4.78 is 0. The second-order valence-electron chi connectivity index (χ2n) is 4.60. The molecule has 114 valence electrons. The molecule has 1 unspecified atom stereocenters. The summed E-state index contributed by atoms with van der Waals surface area (Å²) in [7, 11) is 0. The smallest absolute Gasteiger partial charge is 0.259 e. The lowest BCUT2D eigenvalue weighted by atomic mass is 10.2. The molecule has 0 saturated carbocycles. The molecule has 0 aliphatic heterocycles. The predicted molar refractivity (Wildman–Crippen MR) is 88.7 cm³/mol. The third-order valence-electron chi connectivity index (χ3n) is 2.88. The van der Waals surface area contributed by atoms with E-state index in [4.69, 9.17) is 11.0 Å². The fraction of sp³-hybridized carbons (Fsp3) is 0.125. The standard InChI is InChI=1S/C16H13N5OS/c1-10(8-17)23-16-11(9-18)7-13(14(19)21-16)15(22)20-12-5-3-2-4-6-12/h2-7,10H,1H3,(H2,19,21)(H,20,22). The maximum absolute atomic E-state index is 12.3. The predicted octanol–water partition coefficient (Wildman–Crippen LogP) is 2.79. The molecule has 0 spiro atoms. The summed E-state index contributed by atoms with van der Waals surface area (Å²) in [5, 5.41) is 20.8. The van der Waals surface area contributed by atoms with E-state index in [0.717, 1.165) is 11.8 Å². The van der Waals surface area contributed by atoms with Gasteiger partial charge in [0.2, 0.25) is 0 Å². The van der Waals surface area contributed by atoms with Gasteiger partial charge in [-0.2, -0.15) is 10.5 Å². The first-order valence-electron chi connectivity index (χ1n) is 6.68. The third kappa shape index (κ3) is 4.00. The average Bonchev–Trinajstić information content (AvgIpc) is 2.55. The van der Waals surface area contributed by atoms with E-state index >= 15 is 0 Å². The molecule has 2 aromatic rings. The van der Waals surface area contributed by atoms with Crippen LogP contribution in [0.4, 0.5) is 11.5 Å². The second kappa shape index (κ2) is 7.30. The van der Waals surface area contributed by atoms with Gasteiger partial charge in [0, 0.05) is 5.69 Å². The van der Waals surface area contributed by atoms with Crippen molar-refractivity contribution in [2.24, 2.45) is 0 Å². The maximum Gasteiger partial charge on any atom is 0.259 e. The highest BCUT2D eigenvalue weighted by molar-refractivity contribution is 8.00. The summed E-state index contributed by atoms with van der Waals surface area (Å²) in [5.41, 5.74) is 6.79. The SMILES string of the molecule is CC(C#N)Sc1nc(N)c(C(=O)Nc2ccccc2)cc1C#N. The van der Waals surface area contributed by atoms with Crippen LogP contribution >= 0.6 is 11.8 Å². The van der Waals surface area contributed by atoms with Crippen molar-refractivity contribution < 1.29 is 4.79 Å². The van der Waals surface area contributed by atoms with Crippen LogP contribution in [0.25, 0.3) is 0 Å². The molecule has 2 rings (SSSR count). The number of anilines is 2. The van der Waals surface area contributed by atoms with Gasteiger partial charge in [-0.3, -0.25) is 4.79 Å². The fourth-order valence-electron chi connectivity index (χ4n) is 1.78. The highest BCUT2D eigenvalue weighted by Crippen LogP contribution is 2.27. The Morgan fingerprint density at radius 2 is 2.04 bits per heavy atom. The number of nitrogens with two attached hydrogens (primary N) is 1. The van der Waals surface area contributed by atoms with E-state index in [9.17, 15) is 10.1 Å². The van der Waals surface area contributed by atoms with Crippen molar-refractivity contribution >= 4 is 29.2 Å². The van der Waals surface area contributed by atoms with E-state index in [0.29, 0.717) is 10.7 Å². The van der Waals surface area contributed by atoms with Gasteiger partial charge in [0.05, 0.1) is 22.4 Å². The van der Waals surface area contributed by atoms with Crippen molar-refractivity contribution in [1.82, 2.24) is 4.98 Å². The number of nitriles is 2. The van der Waals surface area contributed by atoms with Crippen molar-refractivity contribution in [3.8, 4) is 12.1 Å². The summed E-state index contributed by atoms with van der Waals surface area (Å²) >= 11 is 1.13. The summed E-state index contributed by atoms with van der Waals surface area (Å²) in [6.07, 6.45) is 0. The number of carbonyl (C=O) groups excluding carboxylic acids is 1. The van der Waals surface area contributed by atoms with Crippen molar-refractivity contribution in [2.75, 3.05) is 11.1 Å². The molecule has 7 heteroatoms. The number of thioether (sulfide) groups is 1. The van der Waals surface area contributed by atoms with E-state index in [-0.39, 0.29) is 22.2 Å². The summed E-state index contributed by atoms with van der Waals surface area (Å²) in [4.78, 5) is 16.4. The Hall–Kier alpha value is -3.03. The molecule has 0 fully saturated rings. The fourth-order valence-corrected chi connectivity index (χ4v) is 2.55. The molecule has 0 saturated heterocycles. The Kier molecular flexibility index (Phi) is 5.19. The van der Waals surface area contributed by atoms with Gasteiger partial charge in [-0.05, 0) is 25.1 Å². The number of pyridine rings is 1. The molecule has 1 atom stereocenters. The summed E-state index contributed by atoms with van der Waals surface area (Å²) in [6.45, 7) is 1.69. The van der Waals surface area contributed by atoms with E-state index in [1.165, 1.54) is 6.07 Å². The summed E-state index contributed by atoms with van der Waals surface area (Å²) in [6, 6.07) is 14.3. The number of carbonyl (C=O) groups is 1. The molecule has 1 aromatic heterocycles. The minimum Gasteiger partial charge on any atom is -0.383 e. The number of nitrogen functional groups attached to an aromatic ring is 1. The molecule has 0 bridgehead atoms. The number of nitrogens with one attached hydrogen (secondary N) is 1. The highest BCUT2D eigenvalue weighted by atomic mass is 32.2. The van der Waals surface area contributed by atoms with Crippen LogP contribution in [0.2, 0.25) is 0 Å². The molecule has 3 N–H and O–H groups in total. The number of hydrogen-bond acceptors (Lipinski definition) is 6. The van der Waals surface area contributed by atoms with Crippen LogP contribution in [-0.2, 0) is 0 Å². The van der Waals surface area contributed by atoms with Gasteiger partial charge in [0.15, 0.2) is 0 Å². The van der Waals surface area contributed by atoms with Gasteiger partial charge >= 0.3 is 0 Å². The minimum atomic E-state index is -0.442. The van der Waals surface area contributed by atoms with E-state index in [1.807, 2.05) is 18.2 Å². The number of amides is 1. The highest BCUT2D eigenvalue weighted by Gasteiger charge is 2.17. The minimum absolute atomic E-state index is 0.0186. The largest absolute Gasteiger partial charge is 0.383 e. The first-order chi connectivity index (χ1) is 11.0. The Morgan fingerprint density at radius 1 is 1.35 bits per heavy atom. The molecular weight excluding hydrogens is 310 g/mol. The molecule has 0 aliphatic rings. The van der Waals surface area contributed by atoms with Crippen LogP contribution in [0.3, 0.4) is 0 Å². The van der Waals surface area contributed by atoms with Gasteiger partial charge in [0.1, 0.15) is 16.9 Å². The molecule has 1 amide bonds. The van der Waals surface area contributed by atoms with Gasteiger partial charge in [0.25, 0.3) is 5.91 Å². The van der Waals surface area contributed by atoms with Gasteiger partial charge in [-0.15, -0.1) is 0 Å². The van der Waals surface area contributed by atoms with E-state index in [2.05, 4.69) is 10.3 Å². The molecular formula is C16H13N5OS. The van der Waals surface area contributed by atoms with Crippen LogP contribution in [0.1, 0.15) is 22.8 Å². The number of nitrogens with zero attached hydrogens (tertiary/aromatic N) is 3. The molecule has 6 nitrogen and oxygen atoms in total. The van der Waals surface area contributed by atoms with Crippen LogP contribution in [0.15, 0.2) is 41.4 Å². The molecule has 0 radical (unpaired) electrons. The molecule has 1 heterocycles. The van der Waals surface area contributed by atoms with Gasteiger partial charge in [-0.25, -0.2) is 4.98 Å². The monoisotopic (exact) mass is 323 g/mol. The number of rotatable bonds is 4. The zero-order chi connectivity index (χ0) is 16.8. The lowest BCUT2D eigenvalue weighted by Gasteiger charge is -2.10. The first kappa shape index (κ1) is 16.3. The van der Waals surface area contributed by atoms with Crippen LogP contribution in [0, 0.1) is 22.7 Å². The van der Waals surface area contributed by atoms with Crippen LogP contribution in [0.5, 0.6) is 0 Å². The van der Waals surface area contributed by atoms with Crippen molar-refractivity contribution in [1.29, 1.82) is 10.5 Å². The second-order valence-corrected chi connectivity index (χ2v) is 5.92. The quantitative estimate of drug-likeness (QED) is 0.836. The Balaban J connectivity index is 2.31. The molecule has 23 heavy (non-hydrogen) atoms. The number of para-hydroxylation sites is 1. The zero-order valence-corrected chi connectivity index (χ0v) is 13.1. The third-order valence-corrected chi connectivity index (χ3v) is 3.88. The number of benzene rings is 1. The first-order valence-corrected chi connectivity index (χ1v) is 7.56. The van der Waals surface area contributed by atoms with E-state index < -0.39 is 5.91 Å². The number of hydrogen-bond donors (Lipinski definition) is 2. The topological polar surface area (TPSA) is 116 Å². The normalized spacial score (nSPS) is 11.1. The van der Waals surface area contributed by atoms with Crippen molar-refractivity contribution in [3.05, 3.63) is 47.5 Å². The Labute approximate surface area is 137 Å². The summed E-state index contributed by atoms with van der Waals surface area (Å²) in [5.74, 6) is -0.423. The van der Waals surface area contributed by atoms with Crippen LogP contribution < -0.4 is 11.1 Å². The lowest BCUT2D eigenvalue weighted by molar-refractivity contribution is 0.102.